The van der Waals surface area contributed by atoms with Gasteiger partial charge in [0.25, 0.3) is 0 Å². The van der Waals surface area contributed by atoms with E-state index in [2.05, 4.69) is 15.6 Å². The molecule has 23 heavy (non-hydrogen) atoms. The zero-order valence-electron chi connectivity index (χ0n) is 13.1. The highest BCUT2D eigenvalue weighted by Crippen LogP contribution is 2.17. The Morgan fingerprint density at radius 2 is 1.87 bits per heavy atom. The zero-order valence-corrected chi connectivity index (χ0v) is 17.0. The number of guanidine groups is 1. The van der Waals surface area contributed by atoms with Crippen molar-refractivity contribution in [2.24, 2.45) is 4.99 Å². The number of sulfone groups is 1. The van der Waals surface area contributed by atoms with Gasteiger partial charge >= 0.3 is 0 Å². The van der Waals surface area contributed by atoms with Gasteiger partial charge in [-0.15, -0.1) is 24.0 Å². The van der Waals surface area contributed by atoms with Gasteiger partial charge in [0.15, 0.2) is 15.8 Å². The number of benzene rings is 1. The van der Waals surface area contributed by atoms with Crippen molar-refractivity contribution in [2.75, 3.05) is 19.3 Å². The molecule has 1 aliphatic rings. The predicted molar refractivity (Wildman–Crippen MR) is 106 cm³/mol. The van der Waals surface area contributed by atoms with E-state index in [1.165, 1.54) is 25.0 Å². The summed E-state index contributed by atoms with van der Waals surface area (Å²) in [5.41, 5.74) is 0. The van der Waals surface area contributed by atoms with Gasteiger partial charge in [0.2, 0.25) is 0 Å². The molecule has 0 atom stereocenters. The minimum atomic E-state index is -3.31. The molecule has 2 N–H and O–H groups in total. The van der Waals surface area contributed by atoms with Crippen molar-refractivity contribution in [1.29, 1.82) is 0 Å². The smallest absolute Gasteiger partial charge is 0.191 e. The number of hydrogen-bond donors (Lipinski definition) is 2. The summed E-state index contributed by atoms with van der Waals surface area (Å²) in [5.74, 6) is 0.679. The topological polar surface area (TPSA) is 70.6 Å². The Morgan fingerprint density at radius 1 is 1.26 bits per heavy atom. The molecule has 0 spiro atoms. The van der Waals surface area contributed by atoms with Crippen LogP contribution in [-0.2, 0) is 9.84 Å². The van der Waals surface area contributed by atoms with Crippen LogP contribution >= 0.6 is 35.6 Å². The van der Waals surface area contributed by atoms with Gasteiger partial charge in [0.05, 0.1) is 10.6 Å². The Kier molecular flexibility index (Phi) is 8.63. The van der Waals surface area contributed by atoms with E-state index in [-0.39, 0.29) is 34.6 Å². The van der Waals surface area contributed by atoms with Crippen LogP contribution in [0.4, 0.5) is 0 Å². The Hall–Kier alpha value is -0.540. The van der Waals surface area contributed by atoms with Crippen LogP contribution in [0.25, 0.3) is 0 Å². The number of nitrogens with one attached hydrogen (secondary N) is 2. The van der Waals surface area contributed by atoms with Crippen LogP contribution < -0.4 is 10.6 Å². The molecule has 0 heterocycles. The summed E-state index contributed by atoms with van der Waals surface area (Å²) >= 11 is 5.78. The molecular weight excluding hydrogens is 449 g/mol. The highest BCUT2D eigenvalue weighted by Gasteiger charge is 2.17. The SMILES string of the molecule is CN=C(NCCS(=O)(=O)c1ccc(Cl)cc1)NC1CCCC1.I. The lowest BCUT2D eigenvalue weighted by Gasteiger charge is -2.16. The molecule has 0 amide bonds. The van der Waals surface area contributed by atoms with Crippen molar-refractivity contribution >= 4 is 51.4 Å². The molecule has 0 radical (unpaired) electrons. The molecule has 0 aliphatic heterocycles. The van der Waals surface area contributed by atoms with E-state index in [0.717, 1.165) is 12.8 Å². The summed E-state index contributed by atoms with van der Waals surface area (Å²) in [7, 11) is -1.62. The van der Waals surface area contributed by atoms with Gasteiger partial charge in [-0.3, -0.25) is 4.99 Å². The Labute approximate surface area is 160 Å². The van der Waals surface area contributed by atoms with Crippen LogP contribution in [0.5, 0.6) is 0 Å². The molecule has 0 bridgehead atoms. The van der Waals surface area contributed by atoms with Gasteiger partial charge in [-0.2, -0.15) is 0 Å². The van der Waals surface area contributed by atoms with Crippen molar-refractivity contribution in [3.05, 3.63) is 29.3 Å². The van der Waals surface area contributed by atoms with Crippen molar-refractivity contribution in [2.45, 2.75) is 36.6 Å². The van der Waals surface area contributed by atoms with Crippen molar-refractivity contribution in [3.63, 3.8) is 0 Å². The molecular formula is C15H23ClIN3O2S. The molecule has 0 unspecified atom stereocenters. The zero-order chi connectivity index (χ0) is 16.0. The first-order valence-electron chi connectivity index (χ1n) is 7.47. The van der Waals surface area contributed by atoms with E-state index in [1.54, 1.807) is 19.2 Å². The standard InChI is InChI=1S/C15H22ClN3O2S.HI/c1-17-15(19-13-4-2-3-5-13)18-10-11-22(20,21)14-8-6-12(16)7-9-14;/h6-9,13H,2-5,10-11H2,1H3,(H2,17,18,19);1H. The van der Waals surface area contributed by atoms with Crippen LogP contribution in [0, 0.1) is 0 Å². The van der Waals surface area contributed by atoms with Crippen LogP contribution in [0.1, 0.15) is 25.7 Å². The second-order valence-corrected chi connectivity index (χ2v) is 7.94. The van der Waals surface area contributed by atoms with Crippen molar-refractivity contribution < 1.29 is 8.42 Å². The van der Waals surface area contributed by atoms with Crippen molar-refractivity contribution in [3.8, 4) is 0 Å². The van der Waals surface area contributed by atoms with Gasteiger partial charge < -0.3 is 10.6 Å². The predicted octanol–water partition coefficient (Wildman–Crippen LogP) is 2.84. The van der Waals surface area contributed by atoms with Gasteiger partial charge in [-0.25, -0.2) is 8.42 Å². The maximum absolute atomic E-state index is 12.2. The summed E-state index contributed by atoms with van der Waals surface area (Å²) in [6.45, 7) is 0.317. The van der Waals surface area contributed by atoms with E-state index in [0.29, 0.717) is 23.6 Å². The summed E-state index contributed by atoms with van der Waals surface area (Å²) in [4.78, 5) is 4.43. The average Bonchev–Trinajstić information content (AvgIpc) is 2.99. The first-order valence-corrected chi connectivity index (χ1v) is 9.50. The quantitative estimate of drug-likeness (QED) is 0.394. The number of halogens is 2. The second kappa shape index (κ2) is 9.68. The third kappa shape index (κ3) is 6.46. The monoisotopic (exact) mass is 471 g/mol. The van der Waals surface area contributed by atoms with Crippen LogP contribution in [0.15, 0.2) is 34.2 Å². The summed E-state index contributed by atoms with van der Waals surface area (Å²) in [5, 5.41) is 6.92. The molecule has 5 nitrogen and oxygen atoms in total. The first kappa shape index (κ1) is 20.5. The van der Waals surface area contributed by atoms with Crippen molar-refractivity contribution in [1.82, 2.24) is 10.6 Å². The third-order valence-electron chi connectivity index (χ3n) is 3.76. The lowest BCUT2D eigenvalue weighted by molar-refractivity contribution is 0.592. The number of hydrogen-bond acceptors (Lipinski definition) is 3. The molecule has 1 fully saturated rings. The summed E-state index contributed by atoms with van der Waals surface area (Å²) in [6, 6.07) is 6.68. The largest absolute Gasteiger partial charge is 0.355 e. The maximum Gasteiger partial charge on any atom is 0.191 e. The molecule has 0 aromatic heterocycles. The number of nitrogens with zero attached hydrogens (tertiary/aromatic N) is 1. The molecule has 1 aromatic carbocycles. The van der Waals surface area contributed by atoms with E-state index in [9.17, 15) is 8.42 Å². The average molecular weight is 472 g/mol. The minimum Gasteiger partial charge on any atom is -0.355 e. The Bertz CT molecular complexity index is 614. The van der Waals surface area contributed by atoms with E-state index in [4.69, 9.17) is 11.6 Å². The fourth-order valence-electron chi connectivity index (χ4n) is 2.52. The minimum absolute atomic E-state index is 0. The molecule has 1 aromatic rings. The third-order valence-corrected chi connectivity index (χ3v) is 5.74. The molecule has 1 saturated carbocycles. The Morgan fingerprint density at radius 3 is 2.43 bits per heavy atom. The summed E-state index contributed by atoms with van der Waals surface area (Å²) < 4.78 is 24.4. The molecule has 8 heteroatoms. The highest BCUT2D eigenvalue weighted by molar-refractivity contribution is 14.0. The molecule has 2 rings (SSSR count). The molecule has 0 saturated heterocycles. The van der Waals surface area contributed by atoms with Crippen LogP contribution in [-0.4, -0.2) is 39.8 Å². The van der Waals surface area contributed by atoms with Gasteiger partial charge in [0.1, 0.15) is 0 Å². The highest BCUT2D eigenvalue weighted by atomic mass is 127. The fourth-order valence-corrected chi connectivity index (χ4v) is 3.80. The maximum atomic E-state index is 12.2. The summed E-state index contributed by atoms with van der Waals surface area (Å²) in [6.07, 6.45) is 4.76. The van der Waals surface area contributed by atoms with E-state index in [1.807, 2.05) is 0 Å². The van der Waals surface area contributed by atoms with Gasteiger partial charge in [-0.1, -0.05) is 24.4 Å². The van der Waals surface area contributed by atoms with E-state index < -0.39 is 9.84 Å². The fraction of sp³-hybridized carbons (Fsp3) is 0.533. The van der Waals surface area contributed by atoms with Gasteiger partial charge in [-0.05, 0) is 37.1 Å². The lowest BCUT2D eigenvalue weighted by Crippen LogP contribution is -2.43. The van der Waals surface area contributed by atoms with Crippen LogP contribution in [0.2, 0.25) is 5.02 Å². The normalized spacial score (nSPS) is 16.0. The van der Waals surface area contributed by atoms with E-state index >= 15 is 0 Å². The number of rotatable bonds is 5. The number of aliphatic imine (C=N–C) groups is 1. The van der Waals surface area contributed by atoms with Crippen LogP contribution in [0.3, 0.4) is 0 Å². The lowest BCUT2D eigenvalue weighted by atomic mass is 10.2. The second-order valence-electron chi connectivity index (χ2n) is 5.40. The Balaban J connectivity index is 0.00000264. The molecule has 1 aliphatic carbocycles. The first-order chi connectivity index (χ1) is 10.5. The van der Waals surface area contributed by atoms with Gasteiger partial charge in [0, 0.05) is 24.7 Å². The molecule has 130 valence electrons.